The van der Waals surface area contributed by atoms with Gasteiger partial charge in [-0.3, -0.25) is 0 Å². The Kier molecular flexibility index (Phi) is 5.47. The second-order valence-corrected chi connectivity index (χ2v) is 6.82. The van der Waals surface area contributed by atoms with Crippen molar-refractivity contribution in [1.29, 1.82) is 0 Å². The molecule has 0 saturated carbocycles. The molecule has 4 aromatic rings. The van der Waals surface area contributed by atoms with E-state index in [0.29, 0.717) is 0 Å². The first-order valence-corrected chi connectivity index (χ1v) is 9.92. The van der Waals surface area contributed by atoms with E-state index in [2.05, 4.69) is 63.9 Å². The van der Waals surface area contributed by atoms with Crippen molar-refractivity contribution < 1.29 is 8.83 Å². The Bertz CT molecular complexity index is 966. The van der Waals surface area contributed by atoms with Crippen LogP contribution in [0.2, 0.25) is 0 Å². The summed E-state index contributed by atoms with van der Waals surface area (Å²) < 4.78 is 10.6. The van der Waals surface area contributed by atoms with E-state index in [0.717, 1.165) is 21.8 Å². The minimum Gasteiger partial charge on any atom is -0.464 e. The SMILES string of the molecule is Cc1cc2ccoc2cc1CBr.Cc1ccc2occc2c1CBr. The fraction of sp³-hybridized carbons (Fsp3) is 0.200. The highest BCUT2D eigenvalue weighted by Crippen LogP contribution is 2.25. The molecule has 2 heterocycles. The van der Waals surface area contributed by atoms with Crippen LogP contribution in [0.25, 0.3) is 21.9 Å². The van der Waals surface area contributed by atoms with Crippen LogP contribution in [0.1, 0.15) is 22.3 Å². The van der Waals surface area contributed by atoms with Crippen LogP contribution < -0.4 is 0 Å². The lowest BCUT2D eigenvalue weighted by atomic mass is 10.1. The van der Waals surface area contributed by atoms with E-state index >= 15 is 0 Å². The molecule has 0 bridgehead atoms. The molecule has 0 N–H and O–H groups in total. The highest BCUT2D eigenvalue weighted by atomic mass is 79.9. The molecule has 2 nitrogen and oxygen atoms in total. The molecule has 0 spiro atoms. The van der Waals surface area contributed by atoms with Crippen molar-refractivity contribution in [2.75, 3.05) is 0 Å². The molecular weight excluding hydrogens is 432 g/mol. The summed E-state index contributed by atoms with van der Waals surface area (Å²) in [6.07, 6.45) is 3.46. The Hall–Kier alpha value is -1.52. The molecule has 0 atom stereocenters. The largest absolute Gasteiger partial charge is 0.464 e. The lowest BCUT2D eigenvalue weighted by Gasteiger charge is -2.01. The molecule has 4 heteroatoms. The predicted octanol–water partition coefficient (Wildman–Crippen LogP) is 7.27. The molecule has 4 rings (SSSR count). The Morgan fingerprint density at radius 3 is 2.29 bits per heavy atom. The maximum Gasteiger partial charge on any atom is 0.134 e. The number of hydrogen-bond acceptors (Lipinski definition) is 2. The third kappa shape index (κ3) is 3.45. The van der Waals surface area contributed by atoms with Gasteiger partial charge < -0.3 is 8.83 Å². The van der Waals surface area contributed by atoms with Crippen molar-refractivity contribution >= 4 is 53.8 Å². The summed E-state index contributed by atoms with van der Waals surface area (Å²) in [6, 6.07) is 12.3. The van der Waals surface area contributed by atoms with Crippen molar-refractivity contribution in [2.24, 2.45) is 0 Å². The smallest absolute Gasteiger partial charge is 0.134 e. The Morgan fingerprint density at radius 2 is 1.54 bits per heavy atom. The Morgan fingerprint density at radius 1 is 0.792 bits per heavy atom. The summed E-state index contributed by atoms with van der Waals surface area (Å²) in [5.41, 5.74) is 7.16. The van der Waals surface area contributed by atoms with E-state index in [1.54, 1.807) is 12.5 Å². The van der Waals surface area contributed by atoms with Crippen molar-refractivity contribution in [3.63, 3.8) is 0 Å². The summed E-state index contributed by atoms with van der Waals surface area (Å²) in [4.78, 5) is 0. The van der Waals surface area contributed by atoms with Crippen molar-refractivity contribution in [3.8, 4) is 0 Å². The molecule has 0 unspecified atom stereocenters. The number of alkyl halides is 2. The zero-order valence-corrected chi connectivity index (χ0v) is 16.8. The van der Waals surface area contributed by atoms with Gasteiger partial charge in [-0.1, -0.05) is 37.9 Å². The van der Waals surface area contributed by atoms with Crippen LogP contribution in [0.3, 0.4) is 0 Å². The van der Waals surface area contributed by atoms with Crippen molar-refractivity contribution in [1.82, 2.24) is 0 Å². The molecule has 0 aliphatic carbocycles. The second-order valence-electron chi connectivity index (χ2n) is 5.70. The number of benzene rings is 2. The molecule has 0 fully saturated rings. The third-order valence-corrected chi connectivity index (χ3v) is 5.33. The van der Waals surface area contributed by atoms with Crippen LogP contribution in [-0.2, 0) is 10.7 Å². The zero-order chi connectivity index (χ0) is 17.1. The fourth-order valence-electron chi connectivity index (χ4n) is 2.70. The van der Waals surface area contributed by atoms with Crippen molar-refractivity contribution in [2.45, 2.75) is 24.5 Å². The van der Waals surface area contributed by atoms with Crippen LogP contribution >= 0.6 is 31.9 Å². The van der Waals surface area contributed by atoms with Crippen LogP contribution in [0.4, 0.5) is 0 Å². The van der Waals surface area contributed by atoms with Gasteiger partial charge in [-0.25, -0.2) is 0 Å². The highest BCUT2D eigenvalue weighted by molar-refractivity contribution is 9.08. The standard InChI is InChI=1S/2C10H9BrO/c1-7-4-8-2-3-12-10(8)5-9(7)6-11;1-7-2-3-10-8(4-5-12-10)9(7)6-11/h2*2-5H,6H2,1H3. The molecule has 0 saturated heterocycles. The van der Waals surface area contributed by atoms with Gasteiger partial charge in [0, 0.05) is 21.4 Å². The minimum absolute atomic E-state index is 0.884. The highest BCUT2D eigenvalue weighted by Gasteiger charge is 2.04. The number of rotatable bonds is 2. The van der Waals surface area contributed by atoms with E-state index in [9.17, 15) is 0 Å². The molecule has 0 aliphatic rings. The lowest BCUT2D eigenvalue weighted by Crippen LogP contribution is -1.83. The first-order valence-electron chi connectivity index (χ1n) is 7.68. The van der Waals surface area contributed by atoms with Crippen LogP contribution in [-0.4, -0.2) is 0 Å². The van der Waals surface area contributed by atoms with E-state index in [-0.39, 0.29) is 0 Å². The molecule has 24 heavy (non-hydrogen) atoms. The summed E-state index contributed by atoms with van der Waals surface area (Å²) in [5.74, 6) is 0. The number of aryl methyl sites for hydroxylation is 2. The van der Waals surface area contributed by atoms with Gasteiger partial charge >= 0.3 is 0 Å². The lowest BCUT2D eigenvalue weighted by molar-refractivity contribution is 0.615. The third-order valence-electron chi connectivity index (χ3n) is 4.17. The first-order chi connectivity index (χ1) is 11.6. The normalized spacial score (nSPS) is 10.8. The van der Waals surface area contributed by atoms with Gasteiger partial charge in [-0.15, -0.1) is 0 Å². The molecule has 2 aromatic carbocycles. The zero-order valence-electron chi connectivity index (χ0n) is 13.6. The average molecular weight is 450 g/mol. The number of hydrogen-bond donors (Lipinski definition) is 0. The monoisotopic (exact) mass is 448 g/mol. The van der Waals surface area contributed by atoms with Crippen LogP contribution in [0, 0.1) is 13.8 Å². The van der Waals surface area contributed by atoms with Crippen LogP contribution in [0.5, 0.6) is 0 Å². The number of halogens is 2. The fourth-order valence-corrected chi connectivity index (χ4v) is 4.05. The average Bonchev–Trinajstić information content (AvgIpc) is 3.23. The molecule has 2 aromatic heterocycles. The van der Waals surface area contributed by atoms with Gasteiger partial charge in [0.1, 0.15) is 11.2 Å². The Balaban J connectivity index is 0.000000141. The molecule has 0 amide bonds. The predicted molar refractivity (Wildman–Crippen MR) is 107 cm³/mol. The second kappa shape index (κ2) is 7.58. The number of furan rings is 2. The van der Waals surface area contributed by atoms with Gasteiger partial charge in [0.25, 0.3) is 0 Å². The molecule has 0 aliphatic heterocycles. The van der Waals surface area contributed by atoms with Gasteiger partial charge in [0.05, 0.1) is 12.5 Å². The molecule has 124 valence electrons. The van der Waals surface area contributed by atoms with Crippen LogP contribution in [0.15, 0.2) is 57.8 Å². The Labute approximate surface area is 158 Å². The molecular formula is C20H18Br2O2. The van der Waals surface area contributed by atoms with Gasteiger partial charge in [0.15, 0.2) is 0 Å². The van der Waals surface area contributed by atoms with E-state index in [1.165, 1.54) is 33.0 Å². The summed E-state index contributed by atoms with van der Waals surface area (Å²) >= 11 is 6.91. The maximum absolute atomic E-state index is 5.29. The number of fused-ring (bicyclic) bond motifs is 2. The van der Waals surface area contributed by atoms with Crippen molar-refractivity contribution in [3.05, 3.63) is 71.2 Å². The summed E-state index contributed by atoms with van der Waals surface area (Å²) in [7, 11) is 0. The van der Waals surface area contributed by atoms with E-state index in [4.69, 9.17) is 8.83 Å². The topological polar surface area (TPSA) is 26.3 Å². The van der Waals surface area contributed by atoms with Gasteiger partial charge in [-0.05, 0) is 66.4 Å². The quantitative estimate of drug-likeness (QED) is 0.300. The van der Waals surface area contributed by atoms with Gasteiger partial charge in [0.2, 0.25) is 0 Å². The van der Waals surface area contributed by atoms with Gasteiger partial charge in [-0.2, -0.15) is 0 Å². The first kappa shape index (κ1) is 17.3. The minimum atomic E-state index is 0.884. The summed E-state index contributed by atoms with van der Waals surface area (Å²) in [6.45, 7) is 4.23. The summed E-state index contributed by atoms with van der Waals surface area (Å²) in [5, 5.41) is 4.16. The van der Waals surface area contributed by atoms with E-state index in [1.807, 2.05) is 18.2 Å². The maximum atomic E-state index is 5.29. The molecule has 0 radical (unpaired) electrons. The van der Waals surface area contributed by atoms with E-state index < -0.39 is 0 Å².